The van der Waals surface area contributed by atoms with Crippen LogP contribution in [0.2, 0.25) is 0 Å². The fourth-order valence-corrected chi connectivity index (χ4v) is 0. The van der Waals surface area contributed by atoms with E-state index in [9.17, 15) is 0 Å². The van der Waals surface area contributed by atoms with Crippen molar-refractivity contribution in [2.75, 3.05) is 0 Å². The van der Waals surface area contributed by atoms with Crippen LogP contribution < -0.4 is 0 Å². The van der Waals surface area contributed by atoms with Gasteiger partial charge in [-0.3, -0.25) is 0 Å². The molecule has 0 saturated heterocycles. The van der Waals surface area contributed by atoms with Crippen LogP contribution in [0.5, 0.6) is 0 Å². The van der Waals surface area contributed by atoms with Crippen molar-refractivity contribution < 1.29 is 15.4 Å². The average molecular weight is 96.1 g/mol. The predicted molar refractivity (Wildman–Crippen MR) is 20.6 cm³/mol. The van der Waals surface area contributed by atoms with Gasteiger partial charge in [0, 0.05) is 0 Å². The minimum absolute atomic E-state index is 0. The molecular formula is CH4O3S. The van der Waals surface area contributed by atoms with Gasteiger partial charge in [-0.05, 0) is 0 Å². The van der Waals surface area contributed by atoms with Crippen LogP contribution in [0.4, 0.5) is 4.79 Å². The predicted octanol–water partition coefficient (Wildman–Crippen LogP) is -0.230. The van der Waals surface area contributed by atoms with Crippen molar-refractivity contribution in [3.8, 4) is 0 Å². The molecule has 0 aliphatic carbocycles. The van der Waals surface area contributed by atoms with Crippen molar-refractivity contribution in [3.05, 3.63) is 0 Å². The Bertz CT molecular complexity index is 29.9. The molecule has 0 saturated carbocycles. The summed E-state index contributed by atoms with van der Waals surface area (Å²) in [6.45, 7) is 0. The fourth-order valence-electron chi connectivity index (χ4n) is 0. The van der Waals surface area contributed by atoms with Crippen molar-refractivity contribution in [2.45, 2.75) is 0 Å². The molecule has 4 heteroatoms. The van der Waals surface area contributed by atoms with E-state index < -0.39 is 5.30 Å². The highest BCUT2D eigenvalue weighted by Crippen LogP contribution is 1.66. The molecule has 0 fully saturated rings. The van der Waals surface area contributed by atoms with E-state index >= 15 is 0 Å². The molecule has 0 aromatic carbocycles. The molecule has 32 valence electrons. The Morgan fingerprint density at radius 3 is 1.80 bits per heavy atom. The molecule has 0 aromatic rings. The summed E-state index contributed by atoms with van der Waals surface area (Å²) in [6.07, 6.45) is 0. The highest BCUT2D eigenvalue weighted by atomic mass is 32.1. The summed E-state index contributed by atoms with van der Waals surface area (Å²) >= 11 is 2.88. The first-order valence-corrected chi connectivity index (χ1v) is 1.10. The van der Waals surface area contributed by atoms with Crippen molar-refractivity contribution >= 4 is 17.9 Å². The number of carboxylic acid groups (broad SMARTS) is 1. The number of rotatable bonds is 0. The van der Waals surface area contributed by atoms with E-state index in [1.54, 1.807) is 0 Å². The van der Waals surface area contributed by atoms with E-state index in [1.165, 1.54) is 0 Å². The van der Waals surface area contributed by atoms with E-state index in [2.05, 4.69) is 12.6 Å². The van der Waals surface area contributed by atoms with Crippen molar-refractivity contribution in [1.82, 2.24) is 0 Å². The lowest BCUT2D eigenvalue weighted by Gasteiger charge is -1.58. The van der Waals surface area contributed by atoms with Gasteiger partial charge in [-0.25, -0.2) is 4.79 Å². The van der Waals surface area contributed by atoms with Crippen molar-refractivity contribution in [2.24, 2.45) is 0 Å². The quantitative estimate of drug-likeness (QED) is 0.409. The summed E-state index contributed by atoms with van der Waals surface area (Å²) in [7, 11) is 0. The summed E-state index contributed by atoms with van der Waals surface area (Å²) in [5.41, 5.74) is 0. The molecule has 0 radical (unpaired) electrons. The normalized spacial score (nSPS) is 5.00. The summed E-state index contributed by atoms with van der Waals surface area (Å²) in [5, 5.41) is 6.14. The molecule has 0 rings (SSSR count). The molecule has 0 unspecified atom stereocenters. The molecule has 0 aromatic heterocycles. The van der Waals surface area contributed by atoms with Gasteiger partial charge in [0.25, 0.3) is 0 Å². The van der Waals surface area contributed by atoms with Gasteiger partial charge in [0.2, 0.25) is 0 Å². The van der Waals surface area contributed by atoms with Gasteiger partial charge in [-0.15, -0.1) is 0 Å². The van der Waals surface area contributed by atoms with Crippen LogP contribution >= 0.6 is 12.6 Å². The lowest BCUT2D eigenvalue weighted by Crippen LogP contribution is -1.67. The van der Waals surface area contributed by atoms with E-state index in [0.717, 1.165) is 0 Å². The Hall–Kier alpha value is -0.220. The lowest BCUT2D eigenvalue weighted by atomic mass is 11.6. The largest absolute Gasteiger partial charge is 0.473 e. The second-order valence-electron chi connectivity index (χ2n) is 0.283. The molecule has 0 heterocycles. The highest BCUT2D eigenvalue weighted by molar-refractivity contribution is 7.96. The highest BCUT2D eigenvalue weighted by Gasteiger charge is 1.67. The molecule has 0 atom stereocenters. The maximum Gasteiger partial charge on any atom is 0.361 e. The smallest absolute Gasteiger partial charge is 0.361 e. The standard InChI is InChI=1S/CH2O2S.H2O/c2-1(3)4;/h4H,(H,2,3);1H2. The van der Waals surface area contributed by atoms with Gasteiger partial charge in [-0.1, -0.05) is 12.6 Å². The van der Waals surface area contributed by atoms with Crippen LogP contribution in [-0.2, 0) is 0 Å². The number of hydrogen-bond acceptors (Lipinski definition) is 1. The molecule has 0 aliphatic rings. The Morgan fingerprint density at radius 2 is 1.80 bits per heavy atom. The molecule has 5 heavy (non-hydrogen) atoms. The fraction of sp³-hybridized carbons (Fsp3) is 0. The summed E-state index contributed by atoms with van der Waals surface area (Å²) in [5.74, 6) is 0. The van der Waals surface area contributed by atoms with E-state index in [4.69, 9.17) is 9.90 Å². The molecule has 0 amide bonds. The van der Waals surface area contributed by atoms with E-state index in [0.29, 0.717) is 0 Å². The van der Waals surface area contributed by atoms with Crippen molar-refractivity contribution in [3.63, 3.8) is 0 Å². The lowest BCUT2D eigenvalue weighted by molar-refractivity contribution is 0.222. The van der Waals surface area contributed by atoms with Crippen LogP contribution in [0.3, 0.4) is 0 Å². The van der Waals surface area contributed by atoms with Crippen molar-refractivity contribution in [1.29, 1.82) is 0 Å². The molecular weight excluding hydrogens is 92.1 g/mol. The Kier molecular flexibility index (Phi) is 6.68. The molecule has 0 spiro atoms. The minimum atomic E-state index is -1.14. The second kappa shape index (κ2) is 3.78. The topological polar surface area (TPSA) is 68.8 Å². The summed E-state index contributed by atoms with van der Waals surface area (Å²) in [4.78, 5) is 8.86. The SMILES string of the molecule is O.O=C(O)S. The monoisotopic (exact) mass is 96.0 g/mol. The third-order valence-electron chi connectivity index (χ3n) is 0. The Morgan fingerprint density at radius 1 is 1.80 bits per heavy atom. The maximum absolute atomic E-state index is 8.86. The molecule has 3 nitrogen and oxygen atoms in total. The Balaban J connectivity index is 0. The van der Waals surface area contributed by atoms with Crippen LogP contribution in [0.15, 0.2) is 0 Å². The molecule has 0 bridgehead atoms. The molecule has 3 N–H and O–H groups in total. The zero-order chi connectivity index (χ0) is 3.58. The second-order valence-corrected chi connectivity index (χ2v) is 0.665. The van der Waals surface area contributed by atoms with E-state index in [-0.39, 0.29) is 5.48 Å². The number of carbonyl (C=O) groups is 1. The number of thiol groups is 1. The van der Waals surface area contributed by atoms with Crippen LogP contribution in [0, 0.1) is 0 Å². The van der Waals surface area contributed by atoms with Gasteiger partial charge >= 0.3 is 5.30 Å². The van der Waals surface area contributed by atoms with Gasteiger partial charge in [-0.2, -0.15) is 0 Å². The Labute approximate surface area is 34.3 Å². The van der Waals surface area contributed by atoms with Gasteiger partial charge < -0.3 is 10.6 Å². The van der Waals surface area contributed by atoms with Gasteiger partial charge in [0.15, 0.2) is 0 Å². The zero-order valence-electron chi connectivity index (χ0n) is 2.30. The maximum atomic E-state index is 8.86. The van der Waals surface area contributed by atoms with Crippen LogP contribution in [0.25, 0.3) is 0 Å². The number of hydrogen-bond donors (Lipinski definition) is 2. The van der Waals surface area contributed by atoms with Gasteiger partial charge in [0.05, 0.1) is 0 Å². The van der Waals surface area contributed by atoms with E-state index in [1.807, 2.05) is 0 Å². The van der Waals surface area contributed by atoms with Gasteiger partial charge in [0.1, 0.15) is 0 Å². The third kappa shape index (κ3) is 247. The summed E-state index contributed by atoms with van der Waals surface area (Å²) in [6, 6.07) is 0. The average Bonchev–Trinajstić information content (AvgIpc) is 0.811. The first kappa shape index (κ1) is 8.84. The first-order valence-electron chi connectivity index (χ1n) is 0.651. The zero-order valence-corrected chi connectivity index (χ0v) is 3.20. The van der Waals surface area contributed by atoms with Crippen LogP contribution in [-0.4, -0.2) is 15.9 Å². The van der Waals surface area contributed by atoms with Crippen LogP contribution in [0.1, 0.15) is 0 Å². The summed E-state index contributed by atoms with van der Waals surface area (Å²) < 4.78 is 0. The molecule has 0 aliphatic heterocycles. The first-order chi connectivity index (χ1) is 1.73. The third-order valence-corrected chi connectivity index (χ3v) is 0. The minimum Gasteiger partial charge on any atom is -0.473 e.